The summed E-state index contributed by atoms with van der Waals surface area (Å²) in [5.41, 5.74) is 1.90. The van der Waals surface area contributed by atoms with E-state index in [4.69, 9.17) is 15.0 Å². The van der Waals surface area contributed by atoms with Crippen molar-refractivity contribution in [3.05, 3.63) is 0 Å². The normalized spacial score (nSPS) is 14.2. The van der Waals surface area contributed by atoms with E-state index in [1.54, 1.807) is 11.8 Å². The van der Waals surface area contributed by atoms with E-state index < -0.39 is 6.16 Å². The summed E-state index contributed by atoms with van der Waals surface area (Å²) in [5, 5.41) is 13.9. The molecule has 0 radical (unpaired) electrons. The van der Waals surface area contributed by atoms with Crippen LogP contribution in [0.1, 0.15) is 0 Å². The molecule has 1 aliphatic heterocycles. The van der Waals surface area contributed by atoms with Crippen LogP contribution in [0.25, 0.3) is 0 Å². The van der Waals surface area contributed by atoms with Crippen LogP contribution in [0.3, 0.4) is 0 Å². The van der Waals surface area contributed by atoms with Gasteiger partial charge in [0.25, 0.3) is 0 Å². The third-order valence-electron chi connectivity index (χ3n) is 0.487. The molecule has 2 N–H and O–H groups in total. The highest BCUT2D eigenvalue weighted by atomic mass is 32.2. The van der Waals surface area contributed by atoms with Gasteiger partial charge in [0.2, 0.25) is 0 Å². The molecule has 0 amide bonds. The van der Waals surface area contributed by atoms with E-state index in [9.17, 15) is 0 Å². The number of hydrogen-bond donors (Lipinski definition) is 2. The first kappa shape index (κ1) is 8.29. The van der Waals surface area contributed by atoms with Gasteiger partial charge in [0, 0.05) is 12.3 Å². The number of aliphatic imine (C=N–C) groups is 1. The Labute approximate surface area is 56.6 Å². The van der Waals surface area contributed by atoms with Crippen molar-refractivity contribution in [1.82, 2.24) is 0 Å². The van der Waals surface area contributed by atoms with E-state index in [0.29, 0.717) is 0 Å². The molecule has 0 saturated carbocycles. The molecule has 0 aliphatic carbocycles. The number of carbonyl (C=O) groups is 1. The molecule has 1 heterocycles. The molecule has 52 valence electrons. The Morgan fingerprint density at radius 3 is 2.33 bits per heavy atom. The van der Waals surface area contributed by atoms with Gasteiger partial charge in [-0.15, -0.1) is 11.8 Å². The number of hydrogen-bond acceptors (Lipinski definition) is 3. The molecule has 1 aliphatic rings. The van der Waals surface area contributed by atoms with Crippen molar-refractivity contribution in [2.45, 2.75) is 0 Å². The second-order valence-corrected chi connectivity index (χ2v) is 2.12. The van der Waals surface area contributed by atoms with Crippen LogP contribution in [-0.2, 0) is 0 Å². The molecule has 0 bridgehead atoms. The van der Waals surface area contributed by atoms with Crippen LogP contribution >= 0.6 is 11.8 Å². The second-order valence-electron chi connectivity index (χ2n) is 1.16. The number of thioether (sulfide) groups is 1. The zero-order valence-electron chi connectivity index (χ0n) is 4.65. The summed E-state index contributed by atoms with van der Waals surface area (Å²) < 4.78 is 0. The van der Waals surface area contributed by atoms with Gasteiger partial charge < -0.3 is 10.2 Å². The van der Waals surface area contributed by atoms with Gasteiger partial charge in [-0.1, -0.05) is 0 Å². The quantitative estimate of drug-likeness (QED) is 0.538. The van der Waals surface area contributed by atoms with E-state index in [1.807, 2.05) is 5.55 Å². The number of carboxylic acid groups (broad SMARTS) is 2. The van der Waals surface area contributed by atoms with Gasteiger partial charge in [-0.25, -0.2) is 4.79 Å². The zero-order valence-corrected chi connectivity index (χ0v) is 5.47. The Hall–Kier alpha value is -0.710. The minimum atomic E-state index is -1.83. The Morgan fingerprint density at radius 1 is 1.67 bits per heavy atom. The molecule has 0 aromatic rings. The van der Waals surface area contributed by atoms with Crippen LogP contribution in [0.2, 0.25) is 0 Å². The summed E-state index contributed by atoms with van der Waals surface area (Å²) in [6.07, 6.45) is -1.83. The van der Waals surface area contributed by atoms with Gasteiger partial charge >= 0.3 is 6.16 Å². The third-order valence-corrected chi connectivity index (χ3v) is 1.20. The van der Waals surface area contributed by atoms with E-state index in [0.717, 1.165) is 6.54 Å². The van der Waals surface area contributed by atoms with Gasteiger partial charge in [0.1, 0.15) is 0 Å². The van der Waals surface area contributed by atoms with Crippen molar-refractivity contribution in [2.75, 3.05) is 12.3 Å². The van der Waals surface area contributed by atoms with Crippen molar-refractivity contribution in [2.24, 2.45) is 4.99 Å². The lowest BCUT2D eigenvalue weighted by molar-refractivity contribution is 0.137. The molecule has 4 nitrogen and oxygen atoms in total. The minimum absolute atomic E-state index is 1.03. The number of rotatable bonds is 0. The van der Waals surface area contributed by atoms with E-state index in [2.05, 4.69) is 4.99 Å². The highest BCUT2D eigenvalue weighted by Gasteiger charge is 1.86. The average Bonchev–Trinajstić information content (AvgIpc) is 2.11. The molecule has 0 aromatic heterocycles. The van der Waals surface area contributed by atoms with Crippen molar-refractivity contribution < 1.29 is 15.0 Å². The monoisotopic (exact) mass is 149 g/mol. The Bertz CT molecular complexity index is 104. The summed E-state index contributed by atoms with van der Waals surface area (Å²) >= 11 is 1.78. The molecular weight excluding hydrogens is 142 g/mol. The summed E-state index contributed by atoms with van der Waals surface area (Å²) in [5.74, 6) is 1.19. The summed E-state index contributed by atoms with van der Waals surface area (Å²) in [6.45, 7) is 1.03. The summed E-state index contributed by atoms with van der Waals surface area (Å²) in [6, 6.07) is 0. The minimum Gasteiger partial charge on any atom is -0.450 e. The first-order chi connectivity index (χ1) is 4.23. The van der Waals surface area contributed by atoms with Crippen LogP contribution in [0.4, 0.5) is 4.79 Å². The molecule has 0 saturated heterocycles. The van der Waals surface area contributed by atoms with E-state index in [-0.39, 0.29) is 0 Å². The standard InChI is InChI=1S/C3H5NS.CH2O3/c1-2-5-3-4-1;2-1(3)4/h3H,1-2H2;(H2,2,3,4). The highest BCUT2D eigenvalue weighted by molar-refractivity contribution is 8.12. The Balaban J connectivity index is 0.000000148. The van der Waals surface area contributed by atoms with Gasteiger partial charge in [-0.05, 0) is 0 Å². The molecule has 9 heavy (non-hydrogen) atoms. The van der Waals surface area contributed by atoms with E-state index >= 15 is 0 Å². The van der Waals surface area contributed by atoms with Gasteiger partial charge in [-0.3, -0.25) is 4.99 Å². The molecule has 0 atom stereocenters. The maximum absolute atomic E-state index is 8.56. The van der Waals surface area contributed by atoms with E-state index in [1.165, 1.54) is 5.75 Å². The summed E-state index contributed by atoms with van der Waals surface area (Å²) in [4.78, 5) is 12.5. The van der Waals surface area contributed by atoms with Crippen molar-refractivity contribution in [3.63, 3.8) is 0 Å². The Morgan fingerprint density at radius 2 is 2.22 bits per heavy atom. The first-order valence-electron chi connectivity index (χ1n) is 2.25. The van der Waals surface area contributed by atoms with Crippen molar-refractivity contribution >= 4 is 23.5 Å². The molecule has 1 rings (SSSR count). The zero-order chi connectivity index (χ0) is 7.11. The molecule has 0 unspecified atom stereocenters. The van der Waals surface area contributed by atoms with Crippen LogP contribution in [0, 0.1) is 0 Å². The molecule has 0 aromatic carbocycles. The third kappa shape index (κ3) is 11.1. The SMILES string of the molecule is C1=NCCS1.O=C(O)O. The highest BCUT2D eigenvalue weighted by Crippen LogP contribution is 1.99. The predicted octanol–water partition coefficient (Wildman–Crippen LogP) is 0.984. The fourth-order valence-corrected chi connectivity index (χ4v) is 0.791. The molecule has 5 heteroatoms. The lowest BCUT2D eigenvalue weighted by Crippen LogP contribution is -1.81. The van der Waals surface area contributed by atoms with Crippen molar-refractivity contribution in [3.8, 4) is 0 Å². The molecule has 0 fully saturated rings. The first-order valence-corrected chi connectivity index (χ1v) is 3.30. The molecular formula is C4H7NO3S. The van der Waals surface area contributed by atoms with Gasteiger partial charge in [0.15, 0.2) is 0 Å². The summed E-state index contributed by atoms with van der Waals surface area (Å²) in [7, 11) is 0. The van der Waals surface area contributed by atoms with Crippen LogP contribution in [0.15, 0.2) is 4.99 Å². The fourth-order valence-electron chi connectivity index (χ4n) is 0.264. The fraction of sp³-hybridized carbons (Fsp3) is 0.500. The second kappa shape index (κ2) is 5.43. The van der Waals surface area contributed by atoms with Gasteiger partial charge in [0.05, 0.1) is 5.55 Å². The lowest BCUT2D eigenvalue weighted by Gasteiger charge is -1.67. The maximum Gasteiger partial charge on any atom is 0.503 e. The van der Waals surface area contributed by atoms with Crippen LogP contribution in [0.5, 0.6) is 0 Å². The smallest absolute Gasteiger partial charge is 0.450 e. The Kier molecular flexibility index (Phi) is 5.00. The lowest BCUT2D eigenvalue weighted by atomic mass is 10.8. The topological polar surface area (TPSA) is 69.9 Å². The predicted molar refractivity (Wildman–Crippen MR) is 36.5 cm³/mol. The average molecular weight is 149 g/mol. The van der Waals surface area contributed by atoms with Crippen LogP contribution < -0.4 is 0 Å². The van der Waals surface area contributed by atoms with Crippen molar-refractivity contribution in [1.29, 1.82) is 0 Å². The maximum atomic E-state index is 8.56. The number of nitrogens with zero attached hydrogens (tertiary/aromatic N) is 1. The molecule has 0 spiro atoms. The largest absolute Gasteiger partial charge is 0.503 e. The van der Waals surface area contributed by atoms with Crippen LogP contribution in [-0.4, -0.2) is 34.2 Å². The van der Waals surface area contributed by atoms with Gasteiger partial charge in [-0.2, -0.15) is 0 Å².